The third-order valence-corrected chi connectivity index (χ3v) is 4.53. The summed E-state index contributed by atoms with van der Waals surface area (Å²) in [6.07, 6.45) is 0.835. The normalized spacial score (nSPS) is 11.9. The summed E-state index contributed by atoms with van der Waals surface area (Å²) in [6, 6.07) is 4.12. The Morgan fingerprint density at radius 3 is 2.48 bits per heavy atom. The minimum absolute atomic E-state index is 0.0667. The minimum atomic E-state index is -4.57. The highest BCUT2D eigenvalue weighted by molar-refractivity contribution is 5.85. The molecule has 9 heteroatoms. The monoisotopic (exact) mass is 409 g/mol. The maximum atomic E-state index is 14.6. The third kappa shape index (κ3) is 4.79. The fraction of sp³-hybridized carbons (Fsp3) is 0.350. The Morgan fingerprint density at radius 2 is 1.83 bits per heavy atom. The van der Waals surface area contributed by atoms with Crippen molar-refractivity contribution in [3.8, 4) is 11.4 Å². The molecule has 0 saturated carbocycles. The first-order valence-corrected chi connectivity index (χ1v) is 9.02. The molecule has 0 aliphatic rings. The van der Waals surface area contributed by atoms with Crippen molar-refractivity contribution < 1.29 is 22.3 Å². The quantitative estimate of drug-likeness (QED) is 0.428. The second kappa shape index (κ2) is 8.69. The topological polar surface area (TPSA) is 57.0 Å². The molecule has 5 nitrogen and oxygen atoms in total. The average Bonchev–Trinajstić information content (AvgIpc) is 2.69. The van der Waals surface area contributed by atoms with Gasteiger partial charge in [0.05, 0.1) is 16.5 Å². The third-order valence-electron chi connectivity index (χ3n) is 4.53. The van der Waals surface area contributed by atoms with Crippen LogP contribution in [0.15, 0.2) is 41.6 Å². The lowest BCUT2D eigenvalue weighted by Crippen LogP contribution is -2.19. The van der Waals surface area contributed by atoms with E-state index in [-0.39, 0.29) is 22.3 Å². The van der Waals surface area contributed by atoms with Crippen molar-refractivity contribution in [1.29, 1.82) is 0 Å². The Balaban J connectivity index is 1.88. The van der Waals surface area contributed by atoms with Gasteiger partial charge in [0.2, 0.25) is 0 Å². The summed E-state index contributed by atoms with van der Waals surface area (Å²) in [5.74, 6) is -0.952. The predicted molar refractivity (Wildman–Crippen MR) is 99.9 cm³/mol. The molecule has 0 bridgehead atoms. The number of unbranched alkanes of at least 4 members (excludes halogenated alkanes) is 2. The summed E-state index contributed by atoms with van der Waals surface area (Å²) >= 11 is 0. The summed E-state index contributed by atoms with van der Waals surface area (Å²) in [5.41, 5.74) is -1.41. The van der Waals surface area contributed by atoms with Crippen LogP contribution in [0.2, 0.25) is 0 Å². The highest BCUT2D eigenvalue weighted by Crippen LogP contribution is 2.29. The number of aryl methyl sites for hydroxylation is 1. The Hall–Kier alpha value is -2.81. The Kier molecular flexibility index (Phi) is 6.26. The molecule has 154 valence electrons. The first-order chi connectivity index (χ1) is 13.8. The SMILES string of the molecule is COCCCCCn1ccc2cc(-c3ncc(C(F)(F)F)cn3)c(F)cc2c1=O. The molecule has 3 rings (SSSR count). The van der Waals surface area contributed by atoms with Crippen molar-refractivity contribution in [3.63, 3.8) is 0 Å². The lowest BCUT2D eigenvalue weighted by Gasteiger charge is -2.10. The predicted octanol–water partition coefficient (Wildman–Crippen LogP) is 4.43. The highest BCUT2D eigenvalue weighted by Gasteiger charge is 2.31. The Morgan fingerprint density at radius 1 is 1.10 bits per heavy atom. The van der Waals surface area contributed by atoms with Crippen LogP contribution in [0.3, 0.4) is 0 Å². The van der Waals surface area contributed by atoms with Gasteiger partial charge in [0, 0.05) is 38.9 Å². The van der Waals surface area contributed by atoms with E-state index in [2.05, 4.69) is 9.97 Å². The van der Waals surface area contributed by atoms with Crippen molar-refractivity contribution in [2.24, 2.45) is 0 Å². The van der Waals surface area contributed by atoms with Crippen LogP contribution < -0.4 is 5.56 Å². The lowest BCUT2D eigenvalue weighted by atomic mass is 10.1. The van der Waals surface area contributed by atoms with Gasteiger partial charge in [0.1, 0.15) is 5.82 Å². The second-order valence-corrected chi connectivity index (χ2v) is 6.58. The van der Waals surface area contributed by atoms with Crippen LogP contribution in [0.25, 0.3) is 22.2 Å². The van der Waals surface area contributed by atoms with Crippen LogP contribution in [0, 0.1) is 5.82 Å². The zero-order chi connectivity index (χ0) is 21.0. The molecule has 0 aliphatic heterocycles. The lowest BCUT2D eigenvalue weighted by molar-refractivity contribution is -0.138. The second-order valence-electron chi connectivity index (χ2n) is 6.58. The van der Waals surface area contributed by atoms with Crippen LogP contribution in [0.4, 0.5) is 17.6 Å². The number of hydrogen-bond acceptors (Lipinski definition) is 4. The Labute approximate surface area is 164 Å². The molecular formula is C20H19F4N3O2. The molecule has 0 unspecified atom stereocenters. The zero-order valence-corrected chi connectivity index (χ0v) is 15.7. The van der Waals surface area contributed by atoms with Gasteiger partial charge < -0.3 is 9.30 Å². The molecule has 29 heavy (non-hydrogen) atoms. The summed E-state index contributed by atoms with van der Waals surface area (Å²) < 4.78 is 59.0. The molecule has 0 N–H and O–H groups in total. The largest absolute Gasteiger partial charge is 0.419 e. The van der Waals surface area contributed by atoms with Gasteiger partial charge in [-0.05, 0) is 42.8 Å². The van der Waals surface area contributed by atoms with E-state index in [1.165, 1.54) is 10.6 Å². The fourth-order valence-corrected chi connectivity index (χ4v) is 2.97. The minimum Gasteiger partial charge on any atom is -0.385 e. The molecule has 0 spiro atoms. The summed E-state index contributed by atoms with van der Waals surface area (Å²) in [6.45, 7) is 1.16. The van der Waals surface area contributed by atoms with Gasteiger partial charge in [-0.15, -0.1) is 0 Å². The zero-order valence-electron chi connectivity index (χ0n) is 15.7. The number of aromatic nitrogens is 3. The molecule has 0 aliphatic carbocycles. The Bertz CT molecular complexity index is 1050. The number of methoxy groups -OCH3 is 1. The van der Waals surface area contributed by atoms with E-state index in [0.29, 0.717) is 30.9 Å². The van der Waals surface area contributed by atoms with Crippen LogP contribution in [-0.4, -0.2) is 28.3 Å². The van der Waals surface area contributed by atoms with Crippen molar-refractivity contribution in [3.05, 3.63) is 58.5 Å². The number of rotatable bonds is 7. The van der Waals surface area contributed by atoms with Gasteiger partial charge in [-0.2, -0.15) is 13.2 Å². The number of benzene rings is 1. The molecule has 0 radical (unpaired) electrons. The first kappa shape index (κ1) is 20.9. The number of nitrogens with zero attached hydrogens (tertiary/aromatic N) is 3. The van der Waals surface area contributed by atoms with Gasteiger partial charge in [0.15, 0.2) is 5.82 Å². The van der Waals surface area contributed by atoms with Crippen molar-refractivity contribution in [2.45, 2.75) is 32.0 Å². The first-order valence-electron chi connectivity index (χ1n) is 9.02. The number of pyridine rings is 1. The van der Waals surface area contributed by atoms with E-state index in [9.17, 15) is 22.4 Å². The van der Waals surface area contributed by atoms with Crippen LogP contribution in [0.5, 0.6) is 0 Å². The van der Waals surface area contributed by atoms with E-state index in [0.717, 1.165) is 25.3 Å². The number of ether oxygens (including phenoxy) is 1. The van der Waals surface area contributed by atoms with E-state index < -0.39 is 17.6 Å². The van der Waals surface area contributed by atoms with Crippen molar-refractivity contribution >= 4 is 10.8 Å². The van der Waals surface area contributed by atoms with Crippen LogP contribution in [-0.2, 0) is 17.5 Å². The fourth-order valence-electron chi connectivity index (χ4n) is 2.97. The van der Waals surface area contributed by atoms with E-state index in [1.54, 1.807) is 19.4 Å². The van der Waals surface area contributed by atoms with E-state index >= 15 is 0 Å². The molecule has 2 aromatic heterocycles. The standard InChI is InChI=1S/C20H19F4N3O2/c1-29-8-4-2-3-6-27-7-5-13-9-16(17(21)10-15(13)19(27)28)18-25-11-14(12-26-18)20(22,23)24/h5,7,9-12H,2-4,6,8H2,1H3. The molecule has 0 atom stereocenters. The van der Waals surface area contributed by atoms with Gasteiger partial charge in [0.25, 0.3) is 5.56 Å². The maximum absolute atomic E-state index is 14.6. The number of hydrogen-bond donors (Lipinski definition) is 0. The van der Waals surface area contributed by atoms with E-state index in [1.807, 2.05) is 0 Å². The summed E-state index contributed by atoms with van der Waals surface area (Å²) in [5, 5.41) is 0.656. The average molecular weight is 409 g/mol. The number of fused-ring (bicyclic) bond motifs is 1. The smallest absolute Gasteiger partial charge is 0.385 e. The maximum Gasteiger partial charge on any atom is 0.419 e. The van der Waals surface area contributed by atoms with Gasteiger partial charge in [-0.3, -0.25) is 4.79 Å². The highest BCUT2D eigenvalue weighted by atomic mass is 19.4. The molecule has 3 aromatic rings. The van der Waals surface area contributed by atoms with Crippen molar-refractivity contribution in [1.82, 2.24) is 14.5 Å². The van der Waals surface area contributed by atoms with Crippen LogP contribution >= 0.6 is 0 Å². The van der Waals surface area contributed by atoms with Crippen molar-refractivity contribution in [2.75, 3.05) is 13.7 Å². The van der Waals surface area contributed by atoms with Crippen LogP contribution in [0.1, 0.15) is 24.8 Å². The molecule has 2 heterocycles. The van der Waals surface area contributed by atoms with Gasteiger partial charge in [-0.25, -0.2) is 14.4 Å². The summed E-state index contributed by atoms with van der Waals surface area (Å²) in [7, 11) is 1.63. The number of halogens is 4. The van der Waals surface area contributed by atoms with E-state index in [4.69, 9.17) is 4.74 Å². The molecule has 0 saturated heterocycles. The molecule has 1 aromatic carbocycles. The van der Waals surface area contributed by atoms with Gasteiger partial charge in [-0.1, -0.05) is 0 Å². The molecular weight excluding hydrogens is 390 g/mol. The summed E-state index contributed by atoms with van der Waals surface area (Å²) in [4.78, 5) is 19.9. The molecule has 0 amide bonds. The number of alkyl halides is 3. The van der Waals surface area contributed by atoms with Gasteiger partial charge >= 0.3 is 6.18 Å². The molecule has 0 fully saturated rings.